The zero-order chi connectivity index (χ0) is 19.8. The van der Waals surface area contributed by atoms with Crippen molar-refractivity contribution in [1.82, 2.24) is 4.90 Å². The largest absolute Gasteiger partial charge is 0.497 e. The molecule has 0 unspecified atom stereocenters. The predicted octanol–water partition coefficient (Wildman–Crippen LogP) is 4.96. The first kappa shape index (κ1) is 19.9. The lowest BCUT2D eigenvalue weighted by Gasteiger charge is -2.17. The molecular weight excluding hydrogens is 348 g/mol. The van der Waals surface area contributed by atoms with Crippen molar-refractivity contribution in [2.75, 3.05) is 33.4 Å². The van der Waals surface area contributed by atoms with Gasteiger partial charge in [0.1, 0.15) is 18.1 Å². The van der Waals surface area contributed by atoms with Crippen LogP contribution in [0.2, 0.25) is 0 Å². The van der Waals surface area contributed by atoms with Gasteiger partial charge in [0.25, 0.3) is 0 Å². The van der Waals surface area contributed by atoms with Crippen molar-refractivity contribution in [2.45, 2.75) is 13.8 Å². The average Bonchev–Trinajstić information content (AvgIpc) is 2.76. The number of methoxy groups -OCH3 is 1. The number of ether oxygens (including phenoxy) is 1. The molecule has 4 nitrogen and oxygen atoms in total. The van der Waals surface area contributed by atoms with E-state index < -0.39 is 0 Å². The molecule has 3 aromatic carbocycles. The van der Waals surface area contributed by atoms with Gasteiger partial charge in [0, 0.05) is 17.7 Å². The van der Waals surface area contributed by atoms with Gasteiger partial charge in [-0.1, -0.05) is 61.5 Å². The second-order valence-electron chi connectivity index (χ2n) is 6.56. The lowest BCUT2D eigenvalue weighted by atomic mass is 9.96. The summed E-state index contributed by atoms with van der Waals surface area (Å²) >= 11 is 0. The number of fused-ring (bicyclic) bond motifs is 1. The third-order valence-corrected chi connectivity index (χ3v) is 4.96. The van der Waals surface area contributed by atoms with E-state index in [4.69, 9.17) is 9.57 Å². The Morgan fingerprint density at radius 2 is 1.61 bits per heavy atom. The molecule has 0 aliphatic rings. The van der Waals surface area contributed by atoms with Gasteiger partial charge in [0.15, 0.2) is 0 Å². The second-order valence-corrected chi connectivity index (χ2v) is 6.56. The van der Waals surface area contributed by atoms with Crippen molar-refractivity contribution in [3.63, 3.8) is 0 Å². The number of likely N-dealkylation sites (N-methyl/N-ethyl adjacent to an activating group) is 1. The molecule has 3 aromatic rings. The highest BCUT2D eigenvalue weighted by Crippen LogP contribution is 2.23. The van der Waals surface area contributed by atoms with Crippen LogP contribution in [0.1, 0.15) is 25.0 Å². The summed E-state index contributed by atoms with van der Waals surface area (Å²) in [5.74, 6) is 0.823. The van der Waals surface area contributed by atoms with E-state index in [1.165, 1.54) is 5.39 Å². The molecule has 3 rings (SSSR count). The quantitative estimate of drug-likeness (QED) is 0.301. The Kier molecular flexibility index (Phi) is 7.04. The van der Waals surface area contributed by atoms with E-state index in [0.717, 1.165) is 47.6 Å². The summed E-state index contributed by atoms with van der Waals surface area (Å²) in [6.07, 6.45) is 0. The van der Waals surface area contributed by atoms with Crippen LogP contribution in [-0.2, 0) is 4.84 Å². The molecular formula is C24H28N2O2. The lowest BCUT2D eigenvalue weighted by molar-refractivity contribution is 0.114. The molecule has 0 amide bonds. The molecule has 0 atom stereocenters. The maximum absolute atomic E-state index is 5.76. The third-order valence-electron chi connectivity index (χ3n) is 4.96. The fraction of sp³-hybridized carbons (Fsp3) is 0.292. The van der Waals surface area contributed by atoms with E-state index in [1.807, 2.05) is 24.3 Å². The van der Waals surface area contributed by atoms with Crippen molar-refractivity contribution >= 4 is 16.5 Å². The molecule has 0 radical (unpaired) electrons. The summed E-state index contributed by atoms with van der Waals surface area (Å²) in [6.45, 7) is 7.77. The number of rotatable bonds is 9. The van der Waals surface area contributed by atoms with Gasteiger partial charge in [-0.2, -0.15) is 0 Å². The molecule has 146 valence electrons. The highest BCUT2D eigenvalue weighted by Gasteiger charge is 2.12. The Balaban J connectivity index is 1.95. The van der Waals surface area contributed by atoms with Crippen LogP contribution in [0.3, 0.4) is 0 Å². The van der Waals surface area contributed by atoms with Gasteiger partial charge < -0.3 is 14.5 Å². The Bertz CT molecular complexity index is 910. The number of benzene rings is 3. The molecule has 28 heavy (non-hydrogen) atoms. The molecule has 0 saturated heterocycles. The van der Waals surface area contributed by atoms with Crippen LogP contribution in [0.4, 0.5) is 0 Å². The Hall–Kier alpha value is -2.85. The van der Waals surface area contributed by atoms with E-state index >= 15 is 0 Å². The zero-order valence-electron chi connectivity index (χ0n) is 16.9. The minimum atomic E-state index is 0.562. The molecule has 0 aliphatic carbocycles. The molecule has 4 heteroatoms. The highest BCUT2D eigenvalue weighted by molar-refractivity contribution is 6.19. The van der Waals surface area contributed by atoms with E-state index in [-0.39, 0.29) is 0 Å². The predicted molar refractivity (Wildman–Crippen MR) is 116 cm³/mol. The van der Waals surface area contributed by atoms with E-state index in [2.05, 4.69) is 66.4 Å². The van der Waals surface area contributed by atoms with Crippen molar-refractivity contribution in [3.8, 4) is 5.75 Å². The third kappa shape index (κ3) is 4.70. The molecule has 0 aromatic heterocycles. The van der Waals surface area contributed by atoms with Gasteiger partial charge in [-0.05, 0) is 48.1 Å². The van der Waals surface area contributed by atoms with Gasteiger partial charge in [0.2, 0.25) is 0 Å². The monoisotopic (exact) mass is 376 g/mol. The van der Waals surface area contributed by atoms with Gasteiger partial charge in [-0.25, -0.2) is 0 Å². The summed E-state index contributed by atoms with van der Waals surface area (Å²) in [5.41, 5.74) is 2.89. The van der Waals surface area contributed by atoms with Gasteiger partial charge in [-0.3, -0.25) is 0 Å². The Morgan fingerprint density at radius 1 is 0.893 bits per heavy atom. The van der Waals surface area contributed by atoms with Crippen molar-refractivity contribution in [2.24, 2.45) is 5.16 Å². The maximum Gasteiger partial charge on any atom is 0.129 e. The standard InChI is InChI=1S/C24H28N2O2/c1-4-26(5-2)17-18-28-25-24(20-13-15-21(27-3)16-14-20)23-12-8-10-19-9-6-7-11-22(19)23/h6-16H,4-5,17-18H2,1-3H3/b25-24+. The van der Waals surface area contributed by atoms with E-state index in [0.29, 0.717) is 6.61 Å². The van der Waals surface area contributed by atoms with Crippen LogP contribution in [0.15, 0.2) is 71.9 Å². The van der Waals surface area contributed by atoms with Crippen molar-refractivity contribution in [1.29, 1.82) is 0 Å². The lowest BCUT2D eigenvalue weighted by Crippen LogP contribution is -2.26. The van der Waals surface area contributed by atoms with Crippen molar-refractivity contribution < 1.29 is 9.57 Å². The summed E-state index contributed by atoms with van der Waals surface area (Å²) < 4.78 is 5.30. The van der Waals surface area contributed by atoms with Crippen LogP contribution >= 0.6 is 0 Å². The minimum absolute atomic E-state index is 0.562. The first-order chi connectivity index (χ1) is 13.8. The number of hydrogen-bond donors (Lipinski definition) is 0. The number of hydrogen-bond acceptors (Lipinski definition) is 4. The number of oxime groups is 1. The molecule has 0 fully saturated rings. The van der Waals surface area contributed by atoms with Gasteiger partial charge in [-0.15, -0.1) is 0 Å². The van der Waals surface area contributed by atoms with E-state index in [1.54, 1.807) is 7.11 Å². The van der Waals surface area contributed by atoms with Crippen LogP contribution in [0.25, 0.3) is 10.8 Å². The maximum atomic E-state index is 5.76. The summed E-state index contributed by atoms with van der Waals surface area (Å²) in [6, 6.07) is 22.6. The second kappa shape index (κ2) is 9.90. The summed E-state index contributed by atoms with van der Waals surface area (Å²) in [4.78, 5) is 8.08. The van der Waals surface area contributed by atoms with Crippen molar-refractivity contribution in [3.05, 3.63) is 77.9 Å². The fourth-order valence-electron chi connectivity index (χ4n) is 3.26. The summed E-state index contributed by atoms with van der Waals surface area (Å²) in [5, 5.41) is 6.90. The zero-order valence-corrected chi connectivity index (χ0v) is 16.9. The first-order valence-electron chi connectivity index (χ1n) is 9.81. The molecule has 0 aliphatic heterocycles. The highest BCUT2D eigenvalue weighted by atomic mass is 16.6. The summed E-state index contributed by atoms with van der Waals surface area (Å²) in [7, 11) is 1.67. The molecule has 0 bridgehead atoms. The Labute approximate surface area is 167 Å². The fourth-order valence-corrected chi connectivity index (χ4v) is 3.26. The topological polar surface area (TPSA) is 34.1 Å². The van der Waals surface area contributed by atoms with E-state index in [9.17, 15) is 0 Å². The van der Waals surface area contributed by atoms with Crippen LogP contribution in [-0.4, -0.2) is 44.0 Å². The number of nitrogens with zero attached hydrogens (tertiary/aromatic N) is 2. The van der Waals surface area contributed by atoms with Crippen LogP contribution < -0.4 is 4.74 Å². The first-order valence-corrected chi connectivity index (χ1v) is 9.81. The average molecular weight is 377 g/mol. The smallest absolute Gasteiger partial charge is 0.129 e. The normalized spacial score (nSPS) is 11.8. The van der Waals surface area contributed by atoms with Gasteiger partial charge >= 0.3 is 0 Å². The SMILES string of the molecule is CCN(CC)CCO/N=C(\c1ccc(OC)cc1)c1cccc2ccccc12. The van der Waals surface area contributed by atoms with Gasteiger partial charge in [0.05, 0.1) is 7.11 Å². The molecule has 0 heterocycles. The molecule has 0 saturated carbocycles. The molecule has 0 N–H and O–H groups in total. The Morgan fingerprint density at radius 3 is 2.32 bits per heavy atom. The van der Waals surface area contributed by atoms with Crippen LogP contribution in [0.5, 0.6) is 5.75 Å². The minimum Gasteiger partial charge on any atom is -0.497 e. The molecule has 0 spiro atoms. The van der Waals surface area contributed by atoms with Crippen LogP contribution in [0, 0.1) is 0 Å².